The second-order valence-electron chi connectivity index (χ2n) is 5.85. The van der Waals surface area contributed by atoms with Crippen molar-refractivity contribution in [2.24, 2.45) is 0 Å². The van der Waals surface area contributed by atoms with Crippen molar-refractivity contribution < 1.29 is 9.53 Å². The zero-order valence-corrected chi connectivity index (χ0v) is 14.7. The van der Waals surface area contributed by atoms with Crippen molar-refractivity contribution in [3.63, 3.8) is 0 Å². The molecule has 120 valence electrons. The molecule has 0 heterocycles. The van der Waals surface area contributed by atoms with E-state index in [1.807, 2.05) is 36.4 Å². The van der Waals surface area contributed by atoms with Gasteiger partial charge in [-0.05, 0) is 74.1 Å². The van der Waals surface area contributed by atoms with E-state index >= 15 is 0 Å². The molecule has 0 radical (unpaired) electrons. The molecule has 3 nitrogen and oxygen atoms in total. The minimum Gasteiger partial charge on any atom is -0.481 e. The Morgan fingerprint density at radius 2 is 1.87 bits per heavy atom. The first-order chi connectivity index (χ1) is 11.1. The number of amides is 1. The number of rotatable bonds is 4. The summed E-state index contributed by atoms with van der Waals surface area (Å²) in [5, 5.41) is 3.03. The van der Waals surface area contributed by atoms with Crippen LogP contribution in [0.15, 0.2) is 46.9 Å². The Morgan fingerprint density at radius 1 is 1.13 bits per heavy atom. The highest BCUT2D eigenvalue weighted by atomic mass is 79.9. The SMILES string of the molecule is C[C@H](Oc1ccc(Br)cc1)C(=O)Nc1cccc2c1CCCC2. The van der Waals surface area contributed by atoms with Crippen molar-refractivity contribution in [1.82, 2.24) is 0 Å². The highest BCUT2D eigenvalue weighted by molar-refractivity contribution is 9.10. The summed E-state index contributed by atoms with van der Waals surface area (Å²) in [7, 11) is 0. The van der Waals surface area contributed by atoms with E-state index in [0.717, 1.165) is 23.0 Å². The van der Waals surface area contributed by atoms with Gasteiger partial charge in [0.05, 0.1) is 0 Å². The van der Waals surface area contributed by atoms with E-state index in [0.29, 0.717) is 5.75 Å². The quantitative estimate of drug-likeness (QED) is 0.840. The van der Waals surface area contributed by atoms with Crippen molar-refractivity contribution >= 4 is 27.5 Å². The van der Waals surface area contributed by atoms with Gasteiger partial charge in [0.15, 0.2) is 6.10 Å². The number of hydrogen-bond donors (Lipinski definition) is 1. The molecule has 0 bridgehead atoms. The first-order valence-electron chi connectivity index (χ1n) is 7.97. The summed E-state index contributed by atoms with van der Waals surface area (Å²) in [4.78, 5) is 12.4. The predicted octanol–water partition coefficient (Wildman–Crippen LogP) is 4.73. The molecule has 0 aromatic heterocycles. The molecule has 0 aliphatic heterocycles. The summed E-state index contributed by atoms with van der Waals surface area (Å²) in [6, 6.07) is 13.6. The van der Waals surface area contributed by atoms with Crippen molar-refractivity contribution in [2.75, 3.05) is 5.32 Å². The van der Waals surface area contributed by atoms with Gasteiger partial charge in [0, 0.05) is 10.2 Å². The third kappa shape index (κ3) is 3.94. The summed E-state index contributed by atoms with van der Waals surface area (Å²) in [6.45, 7) is 1.77. The number of carbonyl (C=O) groups is 1. The predicted molar refractivity (Wildman–Crippen MR) is 95.9 cm³/mol. The van der Waals surface area contributed by atoms with Crippen LogP contribution in [0, 0.1) is 0 Å². The summed E-state index contributed by atoms with van der Waals surface area (Å²) in [5.74, 6) is 0.567. The van der Waals surface area contributed by atoms with Crippen LogP contribution in [0.3, 0.4) is 0 Å². The summed E-state index contributed by atoms with van der Waals surface area (Å²) >= 11 is 3.38. The molecule has 1 aliphatic carbocycles. The maximum atomic E-state index is 12.4. The molecule has 0 saturated carbocycles. The van der Waals surface area contributed by atoms with Gasteiger partial charge in [-0.15, -0.1) is 0 Å². The molecule has 1 aliphatic rings. The van der Waals surface area contributed by atoms with Crippen LogP contribution in [0.1, 0.15) is 30.9 Å². The Bertz CT molecular complexity index is 697. The van der Waals surface area contributed by atoms with Crippen LogP contribution in [-0.2, 0) is 17.6 Å². The van der Waals surface area contributed by atoms with Gasteiger partial charge in [0.25, 0.3) is 5.91 Å². The average molecular weight is 374 g/mol. The van der Waals surface area contributed by atoms with Gasteiger partial charge >= 0.3 is 0 Å². The molecule has 1 amide bonds. The number of ether oxygens (including phenoxy) is 1. The van der Waals surface area contributed by atoms with E-state index in [2.05, 4.69) is 27.3 Å². The Balaban J connectivity index is 1.68. The number of carbonyl (C=O) groups excluding carboxylic acids is 1. The molecular formula is C19H20BrNO2. The van der Waals surface area contributed by atoms with Crippen LogP contribution in [0.4, 0.5) is 5.69 Å². The fourth-order valence-electron chi connectivity index (χ4n) is 2.90. The van der Waals surface area contributed by atoms with Gasteiger partial charge in [-0.25, -0.2) is 0 Å². The molecule has 0 fully saturated rings. The van der Waals surface area contributed by atoms with Crippen molar-refractivity contribution in [2.45, 2.75) is 38.7 Å². The van der Waals surface area contributed by atoms with Gasteiger partial charge in [-0.1, -0.05) is 28.1 Å². The highest BCUT2D eigenvalue weighted by Gasteiger charge is 2.18. The largest absolute Gasteiger partial charge is 0.481 e. The number of fused-ring (bicyclic) bond motifs is 1. The molecule has 4 heteroatoms. The van der Waals surface area contributed by atoms with Crippen molar-refractivity contribution in [3.8, 4) is 5.75 Å². The van der Waals surface area contributed by atoms with E-state index < -0.39 is 6.10 Å². The number of hydrogen-bond acceptors (Lipinski definition) is 2. The molecule has 23 heavy (non-hydrogen) atoms. The van der Waals surface area contributed by atoms with Crippen LogP contribution in [0.5, 0.6) is 5.75 Å². The first kappa shape index (κ1) is 16.1. The summed E-state index contributed by atoms with van der Waals surface area (Å²) < 4.78 is 6.70. The van der Waals surface area contributed by atoms with Crippen LogP contribution in [-0.4, -0.2) is 12.0 Å². The number of halogens is 1. The number of benzene rings is 2. The van der Waals surface area contributed by atoms with E-state index in [1.165, 1.54) is 24.0 Å². The number of nitrogens with one attached hydrogen (secondary N) is 1. The lowest BCUT2D eigenvalue weighted by atomic mass is 9.90. The molecule has 1 atom stereocenters. The first-order valence-corrected chi connectivity index (χ1v) is 8.76. The molecule has 2 aromatic carbocycles. The minimum atomic E-state index is -0.546. The topological polar surface area (TPSA) is 38.3 Å². The zero-order chi connectivity index (χ0) is 16.2. The fraction of sp³-hybridized carbons (Fsp3) is 0.316. The van der Waals surface area contributed by atoms with Gasteiger partial charge in [0.2, 0.25) is 0 Å². The molecule has 0 unspecified atom stereocenters. The van der Waals surface area contributed by atoms with Crippen molar-refractivity contribution in [1.29, 1.82) is 0 Å². The molecular weight excluding hydrogens is 354 g/mol. The van der Waals surface area contributed by atoms with Crippen LogP contribution >= 0.6 is 15.9 Å². The Kier molecular flexibility index (Phi) is 5.01. The Morgan fingerprint density at radius 3 is 2.65 bits per heavy atom. The third-order valence-electron chi connectivity index (χ3n) is 4.15. The number of aryl methyl sites for hydroxylation is 1. The van der Waals surface area contributed by atoms with Crippen LogP contribution in [0.25, 0.3) is 0 Å². The zero-order valence-electron chi connectivity index (χ0n) is 13.1. The van der Waals surface area contributed by atoms with Gasteiger partial charge < -0.3 is 10.1 Å². The standard InChI is InChI=1S/C19H20BrNO2/c1-13(23-16-11-9-15(20)10-12-16)19(22)21-18-8-4-6-14-5-2-3-7-17(14)18/h4,6,8-13H,2-3,5,7H2,1H3,(H,21,22)/t13-/m0/s1. The van der Waals surface area contributed by atoms with Crippen LogP contribution < -0.4 is 10.1 Å². The monoisotopic (exact) mass is 373 g/mol. The molecule has 1 N–H and O–H groups in total. The molecule has 0 saturated heterocycles. The minimum absolute atomic E-state index is 0.119. The fourth-order valence-corrected chi connectivity index (χ4v) is 3.17. The molecule has 3 rings (SSSR count). The lowest BCUT2D eigenvalue weighted by Gasteiger charge is -2.21. The Labute approximate surface area is 145 Å². The lowest BCUT2D eigenvalue weighted by molar-refractivity contribution is -0.122. The summed E-state index contributed by atoms with van der Waals surface area (Å²) in [6.07, 6.45) is 4.01. The third-order valence-corrected chi connectivity index (χ3v) is 4.68. The normalized spacial score (nSPS) is 14.7. The molecule has 2 aromatic rings. The van der Waals surface area contributed by atoms with Crippen LogP contribution in [0.2, 0.25) is 0 Å². The van der Waals surface area contributed by atoms with Gasteiger partial charge in [-0.3, -0.25) is 4.79 Å². The van der Waals surface area contributed by atoms with Gasteiger partial charge in [-0.2, -0.15) is 0 Å². The van der Waals surface area contributed by atoms with Crippen molar-refractivity contribution in [3.05, 3.63) is 58.1 Å². The number of anilines is 1. The maximum absolute atomic E-state index is 12.4. The second kappa shape index (κ2) is 7.18. The van der Waals surface area contributed by atoms with Gasteiger partial charge in [0.1, 0.15) is 5.75 Å². The van der Waals surface area contributed by atoms with E-state index in [4.69, 9.17) is 4.74 Å². The van der Waals surface area contributed by atoms with E-state index in [9.17, 15) is 4.79 Å². The average Bonchev–Trinajstić information content (AvgIpc) is 2.57. The lowest BCUT2D eigenvalue weighted by Crippen LogP contribution is -2.30. The smallest absolute Gasteiger partial charge is 0.265 e. The van der Waals surface area contributed by atoms with E-state index in [1.54, 1.807) is 6.92 Å². The molecule has 0 spiro atoms. The second-order valence-corrected chi connectivity index (χ2v) is 6.77. The highest BCUT2D eigenvalue weighted by Crippen LogP contribution is 2.28. The maximum Gasteiger partial charge on any atom is 0.265 e. The summed E-state index contributed by atoms with van der Waals surface area (Å²) in [5.41, 5.74) is 3.57. The van der Waals surface area contributed by atoms with E-state index in [-0.39, 0.29) is 5.91 Å². The Hall–Kier alpha value is -1.81.